The van der Waals surface area contributed by atoms with E-state index in [0.717, 1.165) is 4.57 Å². The van der Waals surface area contributed by atoms with Crippen molar-refractivity contribution in [3.63, 3.8) is 0 Å². The Bertz CT molecular complexity index is 524. The molecule has 0 fully saturated rings. The van der Waals surface area contributed by atoms with E-state index in [4.69, 9.17) is 5.11 Å². The van der Waals surface area contributed by atoms with E-state index in [9.17, 15) is 18.4 Å². The summed E-state index contributed by atoms with van der Waals surface area (Å²) < 4.78 is 26.2. The molecule has 1 unspecified atom stereocenters. The van der Waals surface area contributed by atoms with Crippen molar-refractivity contribution in [2.24, 2.45) is 14.1 Å². The third kappa shape index (κ3) is 3.23. The summed E-state index contributed by atoms with van der Waals surface area (Å²) in [5.74, 6) is 0. The third-order valence-electron chi connectivity index (χ3n) is 2.48. The SMILES string of the molecule is Cn1cc(CNCC(O)C(F)F)c(=O)n(C)c1=O. The molecule has 0 aliphatic carbocycles. The first kappa shape index (κ1) is 14.5. The van der Waals surface area contributed by atoms with Gasteiger partial charge in [-0.25, -0.2) is 13.6 Å². The van der Waals surface area contributed by atoms with Crippen molar-refractivity contribution in [2.75, 3.05) is 6.54 Å². The molecule has 1 aromatic heterocycles. The van der Waals surface area contributed by atoms with Crippen molar-refractivity contribution in [1.82, 2.24) is 14.5 Å². The number of alkyl halides is 2. The van der Waals surface area contributed by atoms with Crippen LogP contribution in [0.25, 0.3) is 0 Å². The standard InChI is InChI=1S/C10H15F2N3O3/c1-14-5-6(9(17)15(2)10(14)18)3-13-4-7(16)8(11)12/h5,7-8,13,16H,3-4H2,1-2H3. The van der Waals surface area contributed by atoms with Crippen LogP contribution in [0.2, 0.25) is 0 Å². The molecule has 1 rings (SSSR count). The van der Waals surface area contributed by atoms with E-state index in [-0.39, 0.29) is 18.7 Å². The molecule has 1 heterocycles. The molecule has 0 aliphatic heterocycles. The zero-order chi connectivity index (χ0) is 13.9. The molecular formula is C10H15F2N3O3. The van der Waals surface area contributed by atoms with Gasteiger partial charge in [0.15, 0.2) is 0 Å². The summed E-state index contributed by atoms with van der Waals surface area (Å²) in [7, 11) is 2.82. The lowest BCUT2D eigenvalue weighted by Gasteiger charge is -2.11. The summed E-state index contributed by atoms with van der Waals surface area (Å²) in [6.45, 7) is -0.325. The van der Waals surface area contributed by atoms with Gasteiger partial charge in [0.25, 0.3) is 12.0 Å². The lowest BCUT2D eigenvalue weighted by molar-refractivity contribution is -0.00342. The molecule has 0 bridgehead atoms. The van der Waals surface area contributed by atoms with E-state index in [1.807, 2.05) is 0 Å². The lowest BCUT2D eigenvalue weighted by Crippen LogP contribution is -2.40. The molecule has 0 saturated heterocycles. The summed E-state index contributed by atoms with van der Waals surface area (Å²) >= 11 is 0. The molecule has 18 heavy (non-hydrogen) atoms. The fraction of sp³-hybridized carbons (Fsp3) is 0.600. The van der Waals surface area contributed by atoms with Gasteiger partial charge in [0.05, 0.1) is 0 Å². The minimum absolute atomic E-state index is 0.00454. The van der Waals surface area contributed by atoms with Crippen molar-refractivity contribution in [3.05, 3.63) is 32.6 Å². The number of rotatable bonds is 5. The number of halogens is 2. The van der Waals surface area contributed by atoms with Crippen LogP contribution >= 0.6 is 0 Å². The molecule has 0 spiro atoms. The molecule has 0 radical (unpaired) electrons. The Morgan fingerprint density at radius 1 is 1.39 bits per heavy atom. The highest BCUT2D eigenvalue weighted by Crippen LogP contribution is 1.98. The second-order valence-electron chi connectivity index (χ2n) is 3.94. The van der Waals surface area contributed by atoms with Gasteiger partial charge >= 0.3 is 5.69 Å². The first-order valence-electron chi connectivity index (χ1n) is 5.27. The third-order valence-corrected chi connectivity index (χ3v) is 2.48. The minimum atomic E-state index is -2.83. The van der Waals surface area contributed by atoms with E-state index in [1.54, 1.807) is 0 Å². The quantitative estimate of drug-likeness (QED) is 0.699. The average molecular weight is 263 g/mol. The van der Waals surface area contributed by atoms with Crippen molar-refractivity contribution < 1.29 is 13.9 Å². The predicted molar refractivity (Wildman–Crippen MR) is 60.6 cm³/mol. The normalized spacial score (nSPS) is 13.0. The zero-order valence-corrected chi connectivity index (χ0v) is 10.1. The Labute approximate surface area is 101 Å². The van der Waals surface area contributed by atoms with E-state index in [1.165, 1.54) is 24.9 Å². The number of nitrogens with zero attached hydrogens (tertiary/aromatic N) is 2. The van der Waals surface area contributed by atoms with Gasteiger partial charge in [-0.15, -0.1) is 0 Å². The van der Waals surface area contributed by atoms with Gasteiger partial charge < -0.3 is 15.0 Å². The van der Waals surface area contributed by atoms with Gasteiger partial charge in [-0.1, -0.05) is 0 Å². The summed E-state index contributed by atoms with van der Waals surface area (Å²) in [6, 6.07) is 0. The molecule has 0 aromatic carbocycles. The molecular weight excluding hydrogens is 248 g/mol. The van der Waals surface area contributed by atoms with Gasteiger partial charge in [-0.3, -0.25) is 9.36 Å². The smallest absolute Gasteiger partial charge is 0.330 e. The summed E-state index contributed by atoms with van der Waals surface area (Å²) in [6.07, 6.45) is -3.27. The fourth-order valence-electron chi connectivity index (χ4n) is 1.45. The van der Waals surface area contributed by atoms with E-state index in [2.05, 4.69) is 5.32 Å². The van der Waals surface area contributed by atoms with Crippen LogP contribution in [-0.4, -0.2) is 33.3 Å². The molecule has 1 atom stereocenters. The van der Waals surface area contributed by atoms with Gasteiger partial charge in [0.1, 0.15) is 6.10 Å². The second-order valence-corrected chi connectivity index (χ2v) is 3.94. The van der Waals surface area contributed by atoms with Crippen LogP contribution in [-0.2, 0) is 20.6 Å². The summed E-state index contributed by atoms with van der Waals surface area (Å²) in [4.78, 5) is 23.0. The van der Waals surface area contributed by atoms with Crippen LogP contribution in [0, 0.1) is 0 Å². The lowest BCUT2D eigenvalue weighted by atomic mass is 10.3. The molecule has 102 valence electrons. The number of hydrogen-bond donors (Lipinski definition) is 2. The predicted octanol–water partition coefficient (Wildman–Crippen LogP) is -1.20. The Kier molecular flexibility index (Phi) is 4.74. The van der Waals surface area contributed by atoms with Crippen LogP contribution in [0.15, 0.2) is 15.8 Å². The molecule has 2 N–H and O–H groups in total. The van der Waals surface area contributed by atoms with E-state index < -0.39 is 23.8 Å². The number of nitrogens with one attached hydrogen (secondary N) is 1. The highest BCUT2D eigenvalue weighted by Gasteiger charge is 2.16. The van der Waals surface area contributed by atoms with E-state index in [0.29, 0.717) is 0 Å². The largest absolute Gasteiger partial charge is 0.386 e. The fourth-order valence-corrected chi connectivity index (χ4v) is 1.45. The van der Waals surface area contributed by atoms with Gasteiger partial charge in [0, 0.05) is 38.9 Å². The van der Waals surface area contributed by atoms with Crippen LogP contribution < -0.4 is 16.6 Å². The van der Waals surface area contributed by atoms with Crippen molar-refractivity contribution in [2.45, 2.75) is 19.1 Å². The molecule has 8 heteroatoms. The first-order chi connectivity index (χ1) is 8.34. The number of hydrogen-bond acceptors (Lipinski definition) is 4. The van der Waals surface area contributed by atoms with Crippen LogP contribution in [0.1, 0.15) is 5.56 Å². The van der Waals surface area contributed by atoms with Crippen molar-refractivity contribution in [1.29, 1.82) is 0 Å². The number of aliphatic hydroxyl groups is 1. The zero-order valence-electron chi connectivity index (χ0n) is 10.1. The molecule has 0 aliphatic rings. The average Bonchev–Trinajstić information content (AvgIpc) is 2.32. The maximum atomic E-state index is 12.0. The number of aryl methyl sites for hydroxylation is 1. The molecule has 0 amide bonds. The summed E-state index contributed by atoms with van der Waals surface area (Å²) in [5.41, 5.74) is -0.686. The van der Waals surface area contributed by atoms with Gasteiger partial charge in [-0.05, 0) is 0 Å². The number of aliphatic hydroxyl groups excluding tert-OH is 1. The van der Waals surface area contributed by atoms with Crippen molar-refractivity contribution in [3.8, 4) is 0 Å². The molecule has 0 saturated carbocycles. The molecule has 1 aromatic rings. The topological polar surface area (TPSA) is 76.3 Å². The maximum absolute atomic E-state index is 12.0. The van der Waals surface area contributed by atoms with Crippen LogP contribution in [0.4, 0.5) is 8.78 Å². The molecule has 6 nitrogen and oxygen atoms in total. The highest BCUT2D eigenvalue weighted by atomic mass is 19.3. The Hall–Kier alpha value is -1.54. The van der Waals surface area contributed by atoms with Gasteiger partial charge in [0.2, 0.25) is 0 Å². The van der Waals surface area contributed by atoms with Crippen LogP contribution in [0.5, 0.6) is 0 Å². The van der Waals surface area contributed by atoms with Crippen molar-refractivity contribution >= 4 is 0 Å². The maximum Gasteiger partial charge on any atom is 0.330 e. The Balaban J connectivity index is 2.75. The number of aromatic nitrogens is 2. The van der Waals surface area contributed by atoms with E-state index >= 15 is 0 Å². The van der Waals surface area contributed by atoms with Crippen LogP contribution in [0.3, 0.4) is 0 Å². The Morgan fingerprint density at radius 2 is 2.00 bits per heavy atom. The highest BCUT2D eigenvalue weighted by molar-refractivity contribution is 5.05. The monoisotopic (exact) mass is 263 g/mol. The second kappa shape index (κ2) is 5.87. The summed E-state index contributed by atoms with van der Waals surface area (Å²) in [5, 5.41) is 11.4. The minimum Gasteiger partial charge on any atom is -0.386 e. The first-order valence-corrected chi connectivity index (χ1v) is 5.27. The Morgan fingerprint density at radius 3 is 2.56 bits per heavy atom. The van der Waals surface area contributed by atoms with Gasteiger partial charge in [-0.2, -0.15) is 0 Å².